The highest BCUT2D eigenvalue weighted by molar-refractivity contribution is 7.16. The molecule has 0 aliphatic carbocycles. The number of ether oxygens (including phenoxy) is 1. The van der Waals surface area contributed by atoms with Gasteiger partial charge in [-0.2, -0.15) is 0 Å². The maximum atomic E-state index is 11.8. The highest BCUT2D eigenvalue weighted by atomic mass is 35.5. The number of rotatable bonds is 6. The third-order valence-electron chi connectivity index (χ3n) is 4.09. The van der Waals surface area contributed by atoms with Crippen molar-refractivity contribution >= 4 is 34.9 Å². The Morgan fingerprint density at radius 3 is 2.76 bits per heavy atom. The van der Waals surface area contributed by atoms with Crippen LogP contribution in [0.5, 0.6) is 0 Å². The van der Waals surface area contributed by atoms with Gasteiger partial charge in [0, 0.05) is 24.5 Å². The molecule has 0 bridgehead atoms. The molecule has 8 heteroatoms. The second-order valence-corrected chi connectivity index (χ2v) is 7.61. The SMILES string of the molecule is CCNC(=NCC(O)c1ccc(Cl)s1)N1CCC(C(=O)OCC)CC1. The molecule has 1 fully saturated rings. The van der Waals surface area contributed by atoms with E-state index in [9.17, 15) is 9.90 Å². The van der Waals surface area contributed by atoms with Crippen LogP contribution >= 0.6 is 22.9 Å². The number of piperidine rings is 1. The molecule has 0 spiro atoms. The van der Waals surface area contributed by atoms with Crippen LogP contribution < -0.4 is 5.32 Å². The lowest BCUT2D eigenvalue weighted by Gasteiger charge is -2.33. The number of guanidine groups is 1. The minimum atomic E-state index is -0.664. The predicted octanol–water partition coefficient (Wildman–Crippen LogP) is 2.68. The van der Waals surface area contributed by atoms with Crippen molar-refractivity contribution in [1.82, 2.24) is 10.2 Å². The summed E-state index contributed by atoms with van der Waals surface area (Å²) < 4.78 is 5.77. The zero-order valence-electron chi connectivity index (χ0n) is 14.7. The third-order valence-corrected chi connectivity index (χ3v) is 5.42. The molecule has 2 rings (SSSR count). The van der Waals surface area contributed by atoms with Crippen molar-refractivity contribution in [3.8, 4) is 0 Å². The molecule has 1 aromatic rings. The summed E-state index contributed by atoms with van der Waals surface area (Å²) in [5, 5.41) is 13.5. The molecular formula is C17H26ClN3O3S. The monoisotopic (exact) mass is 387 g/mol. The maximum Gasteiger partial charge on any atom is 0.309 e. The average molecular weight is 388 g/mol. The number of thiophene rings is 1. The van der Waals surface area contributed by atoms with Crippen LogP contribution in [-0.4, -0.2) is 54.7 Å². The van der Waals surface area contributed by atoms with E-state index in [0.717, 1.165) is 43.3 Å². The molecule has 140 valence electrons. The fourth-order valence-electron chi connectivity index (χ4n) is 2.78. The first-order valence-corrected chi connectivity index (χ1v) is 9.87. The van der Waals surface area contributed by atoms with Gasteiger partial charge >= 0.3 is 5.97 Å². The number of aliphatic hydroxyl groups excluding tert-OH is 1. The lowest BCUT2D eigenvalue weighted by molar-refractivity contribution is -0.149. The number of aliphatic imine (C=N–C) groups is 1. The molecule has 2 heterocycles. The second kappa shape index (κ2) is 9.99. The number of esters is 1. The number of aliphatic hydroxyl groups is 1. The van der Waals surface area contributed by atoms with Gasteiger partial charge in [-0.05, 0) is 38.8 Å². The molecule has 1 saturated heterocycles. The summed E-state index contributed by atoms with van der Waals surface area (Å²) in [7, 11) is 0. The topological polar surface area (TPSA) is 74.2 Å². The van der Waals surface area contributed by atoms with Crippen LogP contribution in [0.2, 0.25) is 4.34 Å². The number of likely N-dealkylation sites (tertiary alicyclic amines) is 1. The van der Waals surface area contributed by atoms with E-state index in [1.807, 2.05) is 19.9 Å². The highest BCUT2D eigenvalue weighted by Gasteiger charge is 2.27. The van der Waals surface area contributed by atoms with Gasteiger partial charge in [0.05, 0.1) is 23.4 Å². The number of nitrogens with zero attached hydrogens (tertiary/aromatic N) is 2. The first kappa shape index (κ1) is 20.0. The summed E-state index contributed by atoms with van der Waals surface area (Å²) in [6.07, 6.45) is 0.849. The minimum Gasteiger partial charge on any atom is -0.466 e. The van der Waals surface area contributed by atoms with Gasteiger partial charge in [-0.15, -0.1) is 11.3 Å². The molecule has 1 unspecified atom stereocenters. The predicted molar refractivity (Wildman–Crippen MR) is 101 cm³/mol. The number of halogens is 1. The normalized spacial score (nSPS) is 17.4. The number of nitrogens with one attached hydrogen (secondary N) is 1. The summed E-state index contributed by atoms with van der Waals surface area (Å²) in [4.78, 5) is 19.3. The van der Waals surface area contributed by atoms with Gasteiger partial charge in [0.25, 0.3) is 0 Å². The quantitative estimate of drug-likeness (QED) is 0.446. The molecule has 1 atom stereocenters. The van der Waals surface area contributed by atoms with Crippen molar-refractivity contribution in [2.45, 2.75) is 32.8 Å². The standard InChI is InChI=1S/C17H26ClN3O3S/c1-3-19-17(20-11-13(22)14-5-6-15(18)25-14)21-9-7-12(8-10-21)16(23)24-4-2/h5-6,12-13,22H,3-4,7-11H2,1-2H3,(H,19,20). The molecule has 1 aromatic heterocycles. The number of carbonyl (C=O) groups is 1. The van der Waals surface area contributed by atoms with Gasteiger partial charge in [-0.1, -0.05) is 11.6 Å². The van der Waals surface area contributed by atoms with E-state index in [1.165, 1.54) is 11.3 Å². The van der Waals surface area contributed by atoms with Crippen molar-refractivity contribution in [3.63, 3.8) is 0 Å². The van der Waals surface area contributed by atoms with Crippen LogP contribution in [0.3, 0.4) is 0 Å². The van der Waals surface area contributed by atoms with Crippen LogP contribution in [0.25, 0.3) is 0 Å². The lowest BCUT2D eigenvalue weighted by Crippen LogP contribution is -2.46. The largest absolute Gasteiger partial charge is 0.466 e. The molecule has 0 aromatic carbocycles. The lowest BCUT2D eigenvalue weighted by atomic mass is 9.97. The molecule has 1 aliphatic heterocycles. The Kier molecular flexibility index (Phi) is 7.99. The maximum absolute atomic E-state index is 11.8. The van der Waals surface area contributed by atoms with Gasteiger partial charge < -0.3 is 20.1 Å². The first-order chi connectivity index (χ1) is 12.0. The number of carbonyl (C=O) groups excluding carboxylic acids is 1. The number of hydrogen-bond acceptors (Lipinski definition) is 5. The zero-order valence-corrected chi connectivity index (χ0v) is 16.3. The van der Waals surface area contributed by atoms with Crippen LogP contribution in [0.1, 0.15) is 37.7 Å². The van der Waals surface area contributed by atoms with Crippen LogP contribution in [0, 0.1) is 5.92 Å². The molecule has 25 heavy (non-hydrogen) atoms. The Bertz CT molecular complexity index is 585. The Balaban J connectivity index is 1.92. The molecule has 6 nitrogen and oxygen atoms in total. The van der Waals surface area contributed by atoms with Crippen molar-refractivity contribution in [1.29, 1.82) is 0 Å². The Morgan fingerprint density at radius 2 is 2.20 bits per heavy atom. The van der Waals surface area contributed by atoms with Crippen molar-refractivity contribution < 1.29 is 14.6 Å². The van der Waals surface area contributed by atoms with Crippen molar-refractivity contribution in [2.24, 2.45) is 10.9 Å². The third kappa shape index (κ3) is 5.87. The van der Waals surface area contributed by atoms with Crippen molar-refractivity contribution in [2.75, 3.05) is 32.8 Å². The van der Waals surface area contributed by atoms with Gasteiger partial charge in [0.1, 0.15) is 6.10 Å². The molecular weight excluding hydrogens is 362 g/mol. The second-order valence-electron chi connectivity index (χ2n) is 5.87. The van der Waals surface area contributed by atoms with Crippen LogP contribution in [0.4, 0.5) is 0 Å². The smallest absolute Gasteiger partial charge is 0.309 e. The summed E-state index contributed by atoms with van der Waals surface area (Å²) in [5.41, 5.74) is 0. The van der Waals surface area contributed by atoms with Crippen LogP contribution in [-0.2, 0) is 9.53 Å². The fourth-order valence-corrected chi connectivity index (χ4v) is 3.82. The van der Waals surface area contributed by atoms with E-state index in [0.29, 0.717) is 10.9 Å². The summed E-state index contributed by atoms with van der Waals surface area (Å²) in [6.45, 7) is 6.78. The molecule has 2 N–H and O–H groups in total. The van der Waals surface area contributed by atoms with E-state index in [2.05, 4.69) is 15.2 Å². The summed E-state index contributed by atoms with van der Waals surface area (Å²) >= 11 is 7.28. The molecule has 0 saturated carbocycles. The van der Waals surface area contributed by atoms with Crippen LogP contribution in [0.15, 0.2) is 17.1 Å². The summed E-state index contributed by atoms with van der Waals surface area (Å²) in [6, 6.07) is 3.60. The Morgan fingerprint density at radius 1 is 1.48 bits per heavy atom. The average Bonchev–Trinajstić information content (AvgIpc) is 3.05. The summed E-state index contributed by atoms with van der Waals surface area (Å²) in [5.74, 6) is 0.638. The zero-order chi connectivity index (χ0) is 18.2. The number of hydrogen-bond donors (Lipinski definition) is 2. The molecule has 0 radical (unpaired) electrons. The van der Waals surface area contributed by atoms with E-state index < -0.39 is 6.10 Å². The van der Waals surface area contributed by atoms with Gasteiger partial charge in [0.2, 0.25) is 0 Å². The van der Waals surface area contributed by atoms with Gasteiger partial charge in [-0.3, -0.25) is 9.79 Å². The minimum absolute atomic E-state index is 0.0297. The molecule has 0 amide bonds. The van der Waals surface area contributed by atoms with E-state index in [-0.39, 0.29) is 18.4 Å². The Labute approximate surface area is 157 Å². The Hall–Kier alpha value is -1.31. The van der Waals surface area contributed by atoms with E-state index in [4.69, 9.17) is 16.3 Å². The van der Waals surface area contributed by atoms with Gasteiger partial charge in [-0.25, -0.2) is 0 Å². The van der Waals surface area contributed by atoms with E-state index in [1.54, 1.807) is 6.07 Å². The fraction of sp³-hybridized carbons (Fsp3) is 0.647. The highest BCUT2D eigenvalue weighted by Crippen LogP contribution is 2.27. The first-order valence-electron chi connectivity index (χ1n) is 8.68. The molecule has 1 aliphatic rings. The van der Waals surface area contributed by atoms with E-state index >= 15 is 0 Å². The van der Waals surface area contributed by atoms with Gasteiger partial charge in [0.15, 0.2) is 5.96 Å². The van der Waals surface area contributed by atoms with Crippen molar-refractivity contribution in [3.05, 3.63) is 21.3 Å².